The van der Waals surface area contributed by atoms with Crippen molar-refractivity contribution in [3.63, 3.8) is 0 Å². The smallest absolute Gasteiger partial charge is 0.188 e. The third kappa shape index (κ3) is 2.06. The number of allylic oxidation sites excluding steroid dienone is 1. The Morgan fingerprint density at radius 3 is 2.81 bits per heavy atom. The molecule has 0 radical (unpaired) electrons. The van der Waals surface area contributed by atoms with Crippen LogP contribution in [0.15, 0.2) is 49.2 Å². The minimum atomic E-state index is -0.0721. The second-order valence-corrected chi connectivity index (χ2v) is 3.27. The molecule has 0 bridgehead atoms. The van der Waals surface area contributed by atoms with Crippen LogP contribution >= 0.6 is 0 Å². The summed E-state index contributed by atoms with van der Waals surface area (Å²) in [5.74, 6) is -0.0721. The number of carbonyl (C=O) groups excluding carboxylic acids is 1. The van der Waals surface area contributed by atoms with Gasteiger partial charge in [-0.1, -0.05) is 24.3 Å². The predicted octanol–water partition coefficient (Wildman–Crippen LogP) is 2.03. The van der Waals surface area contributed by atoms with Crippen molar-refractivity contribution in [2.45, 2.75) is 6.42 Å². The maximum absolute atomic E-state index is 11.5. The highest BCUT2D eigenvalue weighted by Crippen LogP contribution is 2.05. The number of aromatic nitrogens is 3. The summed E-state index contributed by atoms with van der Waals surface area (Å²) in [6.07, 6.45) is 3.32. The molecule has 16 heavy (non-hydrogen) atoms. The number of para-hydroxylation sites is 1. The Balaban J connectivity index is 2.26. The van der Waals surface area contributed by atoms with E-state index in [1.165, 1.54) is 11.0 Å². The van der Waals surface area contributed by atoms with E-state index in [-0.39, 0.29) is 12.2 Å². The van der Waals surface area contributed by atoms with E-state index in [4.69, 9.17) is 0 Å². The van der Waals surface area contributed by atoms with Gasteiger partial charge in [0, 0.05) is 6.42 Å². The van der Waals surface area contributed by atoms with Crippen LogP contribution in [0.1, 0.15) is 16.9 Å². The monoisotopic (exact) mass is 213 g/mol. The minimum Gasteiger partial charge on any atom is -0.292 e. The molecule has 80 valence electrons. The summed E-state index contributed by atoms with van der Waals surface area (Å²) >= 11 is 0. The normalized spacial score (nSPS) is 10.0. The van der Waals surface area contributed by atoms with Crippen LogP contribution in [0.4, 0.5) is 0 Å². The van der Waals surface area contributed by atoms with Gasteiger partial charge in [-0.25, -0.2) is 0 Å². The van der Waals surface area contributed by atoms with Crippen molar-refractivity contribution in [2.75, 3.05) is 0 Å². The fraction of sp³-hybridized carbons (Fsp3) is 0.0833. The summed E-state index contributed by atoms with van der Waals surface area (Å²) in [7, 11) is 0. The second-order valence-electron chi connectivity index (χ2n) is 3.27. The second kappa shape index (κ2) is 4.53. The Bertz CT molecular complexity index is 502. The molecule has 0 fully saturated rings. The van der Waals surface area contributed by atoms with Gasteiger partial charge in [0.1, 0.15) is 5.69 Å². The van der Waals surface area contributed by atoms with Crippen molar-refractivity contribution in [2.24, 2.45) is 0 Å². The van der Waals surface area contributed by atoms with Crippen molar-refractivity contribution in [1.29, 1.82) is 0 Å². The molecule has 0 aliphatic rings. The van der Waals surface area contributed by atoms with Gasteiger partial charge in [0.25, 0.3) is 0 Å². The molecule has 0 atom stereocenters. The van der Waals surface area contributed by atoms with Crippen LogP contribution in [0.5, 0.6) is 0 Å². The third-order valence-electron chi connectivity index (χ3n) is 2.09. The Kier molecular flexibility index (Phi) is 2.91. The Morgan fingerprint density at radius 1 is 1.38 bits per heavy atom. The Labute approximate surface area is 93.2 Å². The lowest BCUT2D eigenvalue weighted by molar-refractivity contribution is 0.0991. The van der Waals surface area contributed by atoms with Crippen molar-refractivity contribution < 1.29 is 4.79 Å². The van der Waals surface area contributed by atoms with E-state index in [1.54, 1.807) is 6.08 Å². The molecule has 0 spiro atoms. The van der Waals surface area contributed by atoms with Crippen LogP contribution in [0.25, 0.3) is 5.69 Å². The van der Waals surface area contributed by atoms with Crippen molar-refractivity contribution in [3.05, 3.63) is 54.9 Å². The highest BCUT2D eigenvalue weighted by Gasteiger charge is 2.09. The molecule has 1 heterocycles. The third-order valence-corrected chi connectivity index (χ3v) is 2.09. The molecular weight excluding hydrogens is 202 g/mol. The van der Waals surface area contributed by atoms with E-state index < -0.39 is 0 Å². The zero-order valence-corrected chi connectivity index (χ0v) is 8.71. The number of nitrogens with zero attached hydrogens (tertiary/aromatic N) is 3. The molecule has 0 aliphatic heterocycles. The van der Waals surface area contributed by atoms with E-state index in [0.29, 0.717) is 5.69 Å². The molecular formula is C12H11N3O. The first kappa shape index (κ1) is 10.3. The fourth-order valence-electron chi connectivity index (χ4n) is 1.31. The average molecular weight is 213 g/mol. The van der Waals surface area contributed by atoms with Crippen LogP contribution < -0.4 is 0 Å². The lowest BCUT2D eigenvalue weighted by Crippen LogP contribution is -2.02. The molecule has 0 N–H and O–H groups in total. The number of ketones is 1. The van der Waals surface area contributed by atoms with Crippen LogP contribution in [-0.2, 0) is 0 Å². The van der Waals surface area contributed by atoms with Gasteiger partial charge in [0.2, 0.25) is 0 Å². The zero-order valence-electron chi connectivity index (χ0n) is 8.71. The molecule has 0 aliphatic carbocycles. The molecule has 2 rings (SSSR count). The van der Waals surface area contributed by atoms with Gasteiger partial charge in [-0.05, 0) is 12.1 Å². The van der Waals surface area contributed by atoms with Crippen LogP contribution in [0.3, 0.4) is 0 Å². The molecule has 1 aromatic heterocycles. The lowest BCUT2D eigenvalue weighted by Gasteiger charge is -1.96. The first-order valence-electron chi connectivity index (χ1n) is 4.93. The van der Waals surface area contributed by atoms with Gasteiger partial charge < -0.3 is 0 Å². The molecule has 0 saturated heterocycles. The topological polar surface area (TPSA) is 47.8 Å². The van der Waals surface area contributed by atoms with Gasteiger partial charge in [-0.15, -0.1) is 11.7 Å². The van der Waals surface area contributed by atoms with Crippen molar-refractivity contribution in [1.82, 2.24) is 15.0 Å². The molecule has 1 aromatic carbocycles. The maximum Gasteiger partial charge on any atom is 0.188 e. The van der Waals surface area contributed by atoms with Crippen LogP contribution in [-0.4, -0.2) is 20.8 Å². The highest BCUT2D eigenvalue weighted by molar-refractivity contribution is 5.94. The Hall–Kier alpha value is -2.23. The summed E-state index contributed by atoms with van der Waals surface area (Å²) in [5.41, 5.74) is 1.20. The number of hydrogen-bond acceptors (Lipinski definition) is 3. The molecule has 0 unspecified atom stereocenters. The van der Waals surface area contributed by atoms with Gasteiger partial charge in [0.05, 0.1) is 11.9 Å². The van der Waals surface area contributed by atoms with Crippen molar-refractivity contribution >= 4 is 5.78 Å². The van der Waals surface area contributed by atoms with Crippen LogP contribution in [0.2, 0.25) is 0 Å². The van der Waals surface area contributed by atoms with E-state index >= 15 is 0 Å². The first-order valence-corrected chi connectivity index (χ1v) is 4.93. The summed E-state index contributed by atoms with van der Waals surface area (Å²) in [6, 6.07) is 9.45. The summed E-state index contributed by atoms with van der Waals surface area (Å²) in [6.45, 7) is 3.52. The number of rotatable bonds is 4. The predicted molar refractivity (Wildman–Crippen MR) is 60.5 cm³/mol. The number of carbonyl (C=O) groups is 1. The number of hydrogen-bond donors (Lipinski definition) is 0. The maximum atomic E-state index is 11.5. The van der Waals surface area contributed by atoms with Crippen molar-refractivity contribution in [3.8, 4) is 5.69 Å². The summed E-state index contributed by atoms with van der Waals surface area (Å²) in [5, 5.41) is 8.15. The highest BCUT2D eigenvalue weighted by atomic mass is 16.1. The number of Topliss-reactive ketones (excluding diaryl/α,β-unsaturated/α-hetero) is 1. The average Bonchev–Trinajstić information content (AvgIpc) is 2.80. The van der Waals surface area contributed by atoms with E-state index in [9.17, 15) is 4.79 Å². The van der Waals surface area contributed by atoms with Gasteiger partial charge in [0.15, 0.2) is 5.78 Å². The first-order chi connectivity index (χ1) is 7.81. The number of benzene rings is 1. The largest absolute Gasteiger partial charge is 0.292 e. The van der Waals surface area contributed by atoms with Gasteiger partial charge in [-0.2, -0.15) is 9.90 Å². The summed E-state index contributed by atoms with van der Waals surface area (Å²) < 4.78 is 0. The molecule has 4 nitrogen and oxygen atoms in total. The minimum absolute atomic E-state index is 0.0721. The standard InChI is InChI=1S/C12H11N3O/c1-2-6-12(16)11-9-13-15(14-11)10-7-4-3-5-8-10/h2-5,7-9H,1,6H2. The molecule has 4 heteroatoms. The van der Waals surface area contributed by atoms with E-state index in [2.05, 4.69) is 16.8 Å². The Morgan fingerprint density at radius 2 is 2.12 bits per heavy atom. The molecule has 2 aromatic rings. The van der Waals surface area contributed by atoms with Crippen LogP contribution in [0, 0.1) is 0 Å². The SMILES string of the molecule is C=CCC(=O)c1cnn(-c2ccccc2)n1. The zero-order chi connectivity index (χ0) is 11.4. The van der Waals surface area contributed by atoms with E-state index in [1.807, 2.05) is 30.3 Å². The van der Waals surface area contributed by atoms with E-state index in [0.717, 1.165) is 5.69 Å². The lowest BCUT2D eigenvalue weighted by atomic mass is 10.2. The fourth-order valence-corrected chi connectivity index (χ4v) is 1.31. The van der Waals surface area contributed by atoms with Gasteiger partial charge >= 0.3 is 0 Å². The molecule has 0 saturated carbocycles. The quantitative estimate of drug-likeness (QED) is 0.576. The molecule has 0 amide bonds. The summed E-state index contributed by atoms with van der Waals surface area (Å²) in [4.78, 5) is 12.9. The van der Waals surface area contributed by atoms with Gasteiger partial charge in [-0.3, -0.25) is 4.79 Å².